The molecule has 2 atom stereocenters. The van der Waals surface area contributed by atoms with Crippen LogP contribution in [0.4, 0.5) is 0 Å². The molecule has 27 heavy (non-hydrogen) atoms. The zero-order valence-electron chi connectivity index (χ0n) is 16.1. The van der Waals surface area contributed by atoms with Gasteiger partial charge in [0, 0.05) is 5.92 Å². The molecule has 6 nitrogen and oxygen atoms in total. The van der Waals surface area contributed by atoms with Gasteiger partial charge in [0.05, 0.1) is 17.0 Å². The van der Waals surface area contributed by atoms with Crippen molar-refractivity contribution in [3.05, 3.63) is 36.2 Å². The third-order valence-corrected chi connectivity index (χ3v) is 5.93. The lowest BCUT2D eigenvalue weighted by molar-refractivity contribution is -0.121. The molecule has 1 aliphatic carbocycles. The average Bonchev–Trinajstić information content (AvgIpc) is 3.42. The number of amides is 1. The van der Waals surface area contributed by atoms with E-state index in [1.807, 2.05) is 55.8 Å². The van der Waals surface area contributed by atoms with Crippen LogP contribution in [-0.4, -0.2) is 31.5 Å². The third kappa shape index (κ3) is 4.33. The predicted octanol–water partition coefficient (Wildman–Crippen LogP) is 3.68. The average molecular weight is 384 g/mol. The van der Waals surface area contributed by atoms with Crippen molar-refractivity contribution in [3.63, 3.8) is 0 Å². The van der Waals surface area contributed by atoms with Crippen LogP contribution in [-0.2, 0) is 4.79 Å². The number of nitriles is 1. The van der Waals surface area contributed by atoms with Gasteiger partial charge in [0.15, 0.2) is 0 Å². The lowest BCUT2D eigenvalue weighted by atomic mass is 9.90. The fraction of sp³-hybridized carbons (Fsp3) is 0.500. The first-order chi connectivity index (χ1) is 12.8. The summed E-state index contributed by atoms with van der Waals surface area (Å²) in [5.41, 5.74) is 0.0924. The Morgan fingerprint density at radius 1 is 1.33 bits per heavy atom. The van der Waals surface area contributed by atoms with Gasteiger partial charge >= 0.3 is 0 Å². The SMILES string of the molecule is CC(C)[C@@](C)(C#N)NC(=O)[C@@H](C)Sc1nc(C2CC2)n(-c2ccccc2)n1. The molecule has 2 aromatic rings. The lowest BCUT2D eigenvalue weighted by Gasteiger charge is -2.28. The molecule has 1 heterocycles. The number of nitrogens with zero attached hydrogens (tertiary/aromatic N) is 4. The molecule has 0 radical (unpaired) electrons. The van der Waals surface area contributed by atoms with Crippen molar-refractivity contribution < 1.29 is 4.79 Å². The van der Waals surface area contributed by atoms with E-state index in [4.69, 9.17) is 4.98 Å². The van der Waals surface area contributed by atoms with Crippen molar-refractivity contribution in [1.82, 2.24) is 20.1 Å². The fourth-order valence-electron chi connectivity index (χ4n) is 2.59. The van der Waals surface area contributed by atoms with Gasteiger partial charge in [-0.15, -0.1) is 5.10 Å². The number of para-hydroxylation sites is 1. The maximum absolute atomic E-state index is 12.6. The Hall–Kier alpha value is -2.33. The summed E-state index contributed by atoms with van der Waals surface area (Å²) in [6.45, 7) is 7.41. The van der Waals surface area contributed by atoms with E-state index in [1.54, 1.807) is 6.92 Å². The van der Waals surface area contributed by atoms with Gasteiger partial charge in [-0.25, -0.2) is 9.67 Å². The van der Waals surface area contributed by atoms with Gasteiger partial charge in [-0.3, -0.25) is 4.79 Å². The summed E-state index contributed by atoms with van der Waals surface area (Å²) < 4.78 is 1.89. The maximum Gasteiger partial charge on any atom is 0.234 e. The number of rotatable bonds is 7. The summed E-state index contributed by atoms with van der Waals surface area (Å²) in [6.07, 6.45) is 2.25. The Morgan fingerprint density at radius 2 is 2.00 bits per heavy atom. The van der Waals surface area contributed by atoms with Gasteiger partial charge in [0.25, 0.3) is 0 Å². The third-order valence-electron chi connectivity index (χ3n) is 4.98. The van der Waals surface area contributed by atoms with Crippen LogP contribution in [0.25, 0.3) is 5.69 Å². The van der Waals surface area contributed by atoms with Crippen molar-refractivity contribution in [3.8, 4) is 11.8 Å². The number of thioether (sulfide) groups is 1. The number of hydrogen-bond acceptors (Lipinski definition) is 5. The van der Waals surface area contributed by atoms with E-state index in [0.717, 1.165) is 24.4 Å². The molecule has 1 N–H and O–H groups in total. The van der Waals surface area contributed by atoms with E-state index < -0.39 is 10.8 Å². The molecule has 1 aromatic heterocycles. The van der Waals surface area contributed by atoms with Crippen LogP contribution in [0.3, 0.4) is 0 Å². The molecule has 1 aliphatic rings. The van der Waals surface area contributed by atoms with Gasteiger partial charge in [0.2, 0.25) is 11.1 Å². The van der Waals surface area contributed by atoms with Gasteiger partial charge in [-0.2, -0.15) is 5.26 Å². The largest absolute Gasteiger partial charge is 0.337 e. The summed E-state index contributed by atoms with van der Waals surface area (Å²) in [5.74, 6) is 1.24. The first-order valence-corrected chi connectivity index (χ1v) is 10.1. The maximum atomic E-state index is 12.6. The number of carbonyl (C=O) groups is 1. The minimum atomic E-state index is -0.887. The highest BCUT2D eigenvalue weighted by Gasteiger charge is 2.33. The van der Waals surface area contributed by atoms with Crippen LogP contribution in [0.1, 0.15) is 52.3 Å². The molecular formula is C20H25N5OS. The zero-order valence-corrected chi connectivity index (χ0v) is 17.0. The second-order valence-electron chi connectivity index (χ2n) is 7.49. The minimum absolute atomic E-state index is 0.0144. The highest BCUT2D eigenvalue weighted by Crippen LogP contribution is 2.40. The Labute approximate surface area is 164 Å². The highest BCUT2D eigenvalue weighted by atomic mass is 32.2. The monoisotopic (exact) mass is 383 g/mol. The van der Waals surface area contributed by atoms with E-state index in [0.29, 0.717) is 11.1 Å². The molecule has 0 unspecified atom stereocenters. The Bertz CT molecular complexity index is 853. The van der Waals surface area contributed by atoms with Crippen LogP contribution in [0, 0.1) is 17.2 Å². The van der Waals surface area contributed by atoms with Crippen LogP contribution >= 0.6 is 11.8 Å². The van der Waals surface area contributed by atoms with Crippen molar-refractivity contribution >= 4 is 17.7 Å². The summed E-state index contributed by atoms with van der Waals surface area (Å²) in [7, 11) is 0. The molecule has 1 saturated carbocycles. The summed E-state index contributed by atoms with van der Waals surface area (Å²) >= 11 is 1.32. The molecule has 142 valence electrons. The molecule has 1 amide bonds. The van der Waals surface area contributed by atoms with E-state index in [-0.39, 0.29) is 11.8 Å². The minimum Gasteiger partial charge on any atom is -0.337 e. The van der Waals surface area contributed by atoms with Crippen LogP contribution in [0.5, 0.6) is 0 Å². The summed E-state index contributed by atoms with van der Waals surface area (Å²) in [5, 5.41) is 17.1. The number of aromatic nitrogens is 3. The first-order valence-electron chi connectivity index (χ1n) is 9.26. The molecule has 0 bridgehead atoms. The molecule has 3 rings (SSSR count). The normalized spacial score (nSPS) is 17.2. The smallest absolute Gasteiger partial charge is 0.234 e. The van der Waals surface area contributed by atoms with Gasteiger partial charge in [-0.1, -0.05) is 43.8 Å². The van der Waals surface area contributed by atoms with Gasteiger partial charge < -0.3 is 5.32 Å². The van der Waals surface area contributed by atoms with E-state index >= 15 is 0 Å². The van der Waals surface area contributed by atoms with Crippen LogP contribution in [0.2, 0.25) is 0 Å². The quantitative estimate of drug-likeness (QED) is 0.737. The second kappa shape index (κ2) is 7.73. The summed E-state index contributed by atoms with van der Waals surface area (Å²) in [4.78, 5) is 17.3. The molecular weight excluding hydrogens is 358 g/mol. The fourth-order valence-corrected chi connectivity index (χ4v) is 3.35. The Kier molecular flexibility index (Phi) is 5.56. The Balaban J connectivity index is 1.76. The van der Waals surface area contributed by atoms with Crippen molar-refractivity contribution in [2.75, 3.05) is 0 Å². The number of benzene rings is 1. The molecule has 0 spiro atoms. The zero-order chi connectivity index (χ0) is 19.6. The molecule has 0 saturated heterocycles. The standard InChI is InChI=1S/C20H25N5OS/c1-13(2)20(4,12-21)23-18(26)14(3)27-19-22-17(15-10-11-15)25(24-19)16-8-6-5-7-9-16/h5-9,13-15H,10-11H2,1-4H3,(H,23,26)/t14-,20-/m1/s1. The second-order valence-corrected chi connectivity index (χ2v) is 8.80. The first kappa shape index (κ1) is 19.4. The number of nitrogens with one attached hydrogen (secondary N) is 1. The molecule has 0 aliphatic heterocycles. The van der Waals surface area contributed by atoms with Crippen molar-refractivity contribution in [2.24, 2.45) is 5.92 Å². The summed E-state index contributed by atoms with van der Waals surface area (Å²) in [6, 6.07) is 12.1. The van der Waals surface area contributed by atoms with Crippen LogP contribution in [0.15, 0.2) is 35.5 Å². The molecule has 7 heteroatoms. The van der Waals surface area contributed by atoms with Crippen molar-refractivity contribution in [2.45, 2.75) is 62.4 Å². The van der Waals surface area contributed by atoms with Crippen molar-refractivity contribution in [1.29, 1.82) is 5.26 Å². The Morgan fingerprint density at radius 3 is 2.56 bits per heavy atom. The van der Waals surface area contributed by atoms with Crippen LogP contribution < -0.4 is 5.32 Å². The van der Waals surface area contributed by atoms with E-state index in [1.165, 1.54) is 11.8 Å². The van der Waals surface area contributed by atoms with Gasteiger partial charge in [0.1, 0.15) is 11.4 Å². The number of carbonyl (C=O) groups excluding carboxylic acids is 1. The molecule has 1 fully saturated rings. The van der Waals surface area contributed by atoms with E-state index in [2.05, 4.69) is 16.5 Å². The molecule has 1 aromatic carbocycles. The number of hydrogen-bond donors (Lipinski definition) is 1. The topological polar surface area (TPSA) is 83.6 Å². The predicted molar refractivity (Wildman–Crippen MR) is 106 cm³/mol. The highest BCUT2D eigenvalue weighted by molar-refractivity contribution is 8.00. The van der Waals surface area contributed by atoms with E-state index in [9.17, 15) is 10.1 Å². The lowest BCUT2D eigenvalue weighted by Crippen LogP contribution is -2.51. The van der Waals surface area contributed by atoms with Gasteiger partial charge in [-0.05, 0) is 44.7 Å².